The second-order valence-electron chi connectivity index (χ2n) is 5.43. The van der Waals surface area contributed by atoms with Gasteiger partial charge in [-0.05, 0) is 36.8 Å². The first kappa shape index (κ1) is 14.9. The lowest BCUT2D eigenvalue weighted by molar-refractivity contribution is -0.125. The van der Waals surface area contributed by atoms with Crippen LogP contribution in [0.2, 0.25) is 0 Å². The Morgan fingerprint density at radius 1 is 1.22 bits per heavy atom. The van der Waals surface area contributed by atoms with Crippen LogP contribution < -0.4 is 10.6 Å². The molecule has 2 N–H and O–H groups in total. The lowest BCUT2D eigenvalue weighted by Gasteiger charge is -2.05. The molecule has 1 aromatic carbocycles. The average molecular weight is 309 g/mol. The van der Waals surface area contributed by atoms with Gasteiger partial charge in [0.2, 0.25) is 11.8 Å². The van der Waals surface area contributed by atoms with Crippen LogP contribution in [0.25, 0.3) is 0 Å². The Hall–Kier alpha value is -3.07. The number of carbonyl (C=O) groups is 2. The molecule has 2 aromatic rings. The van der Waals surface area contributed by atoms with Gasteiger partial charge in [-0.2, -0.15) is 5.26 Å². The van der Waals surface area contributed by atoms with Crippen LogP contribution in [0, 0.1) is 23.2 Å². The van der Waals surface area contributed by atoms with Crippen LogP contribution in [0.5, 0.6) is 0 Å². The summed E-state index contributed by atoms with van der Waals surface area (Å²) in [6.07, 6.45) is 2.08. The van der Waals surface area contributed by atoms with Gasteiger partial charge in [0.25, 0.3) is 0 Å². The van der Waals surface area contributed by atoms with E-state index in [1.807, 2.05) is 6.07 Å². The predicted molar refractivity (Wildman–Crippen MR) is 81.9 cm³/mol. The fourth-order valence-electron chi connectivity index (χ4n) is 2.39. The van der Waals surface area contributed by atoms with Gasteiger partial charge in [-0.15, -0.1) is 0 Å². The van der Waals surface area contributed by atoms with E-state index in [9.17, 15) is 9.59 Å². The Kier molecular flexibility index (Phi) is 4.11. The number of carbonyl (C=O) groups excluding carboxylic acids is 2. The van der Waals surface area contributed by atoms with Crippen molar-refractivity contribution in [1.82, 2.24) is 5.32 Å². The zero-order valence-electron chi connectivity index (χ0n) is 12.3. The molecule has 0 radical (unpaired) electrons. The predicted octanol–water partition coefficient (Wildman–Crippen LogP) is 2.04. The van der Waals surface area contributed by atoms with E-state index in [4.69, 9.17) is 9.68 Å². The molecule has 2 amide bonds. The molecule has 116 valence electrons. The van der Waals surface area contributed by atoms with E-state index in [-0.39, 0.29) is 23.7 Å². The van der Waals surface area contributed by atoms with E-state index in [1.165, 1.54) is 0 Å². The van der Waals surface area contributed by atoms with E-state index >= 15 is 0 Å². The molecule has 3 rings (SSSR count). The number of nitrogens with one attached hydrogen (secondary N) is 2. The third-order valence-corrected chi connectivity index (χ3v) is 3.74. The summed E-state index contributed by atoms with van der Waals surface area (Å²) in [7, 11) is 0. The maximum Gasteiger partial charge on any atom is 0.228 e. The standard InChI is InChI=1S/C17H15N3O3/c18-9-11-3-1-4-12(7-11)20-17(22)15-8-14(15)16(21)19-10-13-5-2-6-23-13/h1-7,14-15H,8,10H2,(H,19,21)(H,20,22). The summed E-state index contributed by atoms with van der Waals surface area (Å²) in [5, 5.41) is 14.3. The zero-order valence-corrected chi connectivity index (χ0v) is 12.3. The highest BCUT2D eigenvalue weighted by Gasteiger charge is 2.47. The van der Waals surface area contributed by atoms with Gasteiger partial charge >= 0.3 is 0 Å². The third kappa shape index (κ3) is 3.58. The van der Waals surface area contributed by atoms with E-state index in [0.29, 0.717) is 30.0 Å². The smallest absolute Gasteiger partial charge is 0.228 e. The molecule has 1 heterocycles. The van der Waals surface area contributed by atoms with Crippen LogP contribution in [0.3, 0.4) is 0 Å². The van der Waals surface area contributed by atoms with Crippen LogP contribution in [0.15, 0.2) is 47.1 Å². The lowest BCUT2D eigenvalue weighted by atomic mass is 10.2. The normalized spacial score (nSPS) is 18.7. The monoisotopic (exact) mass is 309 g/mol. The van der Waals surface area contributed by atoms with Crippen molar-refractivity contribution >= 4 is 17.5 Å². The minimum Gasteiger partial charge on any atom is -0.467 e. The van der Waals surface area contributed by atoms with Crippen molar-refractivity contribution in [2.24, 2.45) is 11.8 Å². The first-order chi connectivity index (χ1) is 11.2. The molecule has 23 heavy (non-hydrogen) atoms. The maximum absolute atomic E-state index is 12.1. The first-order valence-electron chi connectivity index (χ1n) is 7.28. The van der Waals surface area contributed by atoms with Crippen LogP contribution in [-0.4, -0.2) is 11.8 Å². The molecular formula is C17H15N3O3. The summed E-state index contributed by atoms with van der Waals surface area (Å²) >= 11 is 0. The second-order valence-corrected chi connectivity index (χ2v) is 5.43. The SMILES string of the molecule is N#Cc1cccc(NC(=O)C2CC2C(=O)NCc2ccco2)c1. The molecule has 1 saturated carbocycles. The second kappa shape index (κ2) is 6.36. The highest BCUT2D eigenvalue weighted by Crippen LogP contribution is 2.39. The molecular weight excluding hydrogens is 294 g/mol. The van der Waals surface area contributed by atoms with Crippen molar-refractivity contribution in [2.75, 3.05) is 5.32 Å². The quantitative estimate of drug-likeness (QED) is 0.883. The Morgan fingerprint density at radius 3 is 2.78 bits per heavy atom. The number of hydrogen-bond donors (Lipinski definition) is 2. The fourth-order valence-corrected chi connectivity index (χ4v) is 2.39. The Morgan fingerprint density at radius 2 is 2.04 bits per heavy atom. The van der Waals surface area contributed by atoms with Crippen LogP contribution in [0.1, 0.15) is 17.7 Å². The summed E-state index contributed by atoms with van der Waals surface area (Å²) in [5.74, 6) is -0.291. The van der Waals surface area contributed by atoms with Crippen molar-refractivity contribution in [2.45, 2.75) is 13.0 Å². The van der Waals surface area contributed by atoms with Gasteiger partial charge in [0.05, 0.1) is 36.3 Å². The largest absolute Gasteiger partial charge is 0.467 e. The van der Waals surface area contributed by atoms with Gasteiger partial charge in [-0.25, -0.2) is 0 Å². The topological polar surface area (TPSA) is 95.1 Å². The first-order valence-corrected chi connectivity index (χ1v) is 7.28. The maximum atomic E-state index is 12.1. The van der Waals surface area contributed by atoms with E-state index in [1.54, 1.807) is 42.7 Å². The van der Waals surface area contributed by atoms with Crippen molar-refractivity contribution in [3.05, 3.63) is 54.0 Å². The number of benzene rings is 1. The molecule has 0 bridgehead atoms. The highest BCUT2D eigenvalue weighted by molar-refractivity contribution is 5.99. The van der Waals surface area contributed by atoms with Crippen LogP contribution in [0.4, 0.5) is 5.69 Å². The van der Waals surface area contributed by atoms with Gasteiger partial charge < -0.3 is 15.1 Å². The summed E-state index contributed by atoms with van der Waals surface area (Å²) in [5.41, 5.74) is 1.04. The molecule has 0 aliphatic heterocycles. The minimum atomic E-state index is -0.322. The molecule has 1 aliphatic rings. The summed E-state index contributed by atoms with van der Waals surface area (Å²) in [4.78, 5) is 24.1. The molecule has 2 unspecified atom stereocenters. The van der Waals surface area contributed by atoms with Crippen molar-refractivity contribution < 1.29 is 14.0 Å². The van der Waals surface area contributed by atoms with Gasteiger partial charge in [-0.1, -0.05) is 6.07 Å². The number of furan rings is 1. The Bertz CT molecular complexity index is 762. The number of anilines is 1. The van der Waals surface area contributed by atoms with Crippen molar-refractivity contribution in [1.29, 1.82) is 5.26 Å². The van der Waals surface area contributed by atoms with Gasteiger partial charge in [0.1, 0.15) is 5.76 Å². The zero-order chi connectivity index (χ0) is 16.2. The van der Waals surface area contributed by atoms with Gasteiger partial charge in [0.15, 0.2) is 0 Å². The number of nitrogens with zero attached hydrogens (tertiary/aromatic N) is 1. The third-order valence-electron chi connectivity index (χ3n) is 3.74. The number of nitriles is 1. The van der Waals surface area contributed by atoms with Crippen molar-refractivity contribution in [3.8, 4) is 6.07 Å². The summed E-state index contributed by atoms with van der Waals surface area (Å²) < 4.78 is 5.14. The van der Waals surface area contributed by atoms with E-state index in [2.05, 4.69) is 10.6 Å². The minimum absolute atomic E-state index is 0.146. The lowest BCUT2D eigenvalue weighted by Crippen LogP contribution is -2.26. The molecule has 1 fully saturated rings. The van der Waals surface area contributed by atoms with Crippen LogP contribution in [-0.2, 0) is 16.1 Å². The number of rotatable bonds is 5. The molecule has 2 atom stereocenters. The van der Waals surface area contributed by atoms with Gasteiger partial charge in [-0.3, -0.25) is 9.59 Å². The number of hydrogen-bond acceptors (Lipinski definition) is 4. The average Bonchev–Trinajstić information content (AvgIpc) is 3.21. The van der Waals surface area contributed by atoms with Crippen molar-refractivity contribution in [3.63, 3.8) is 0 Å². The molecule has 6 nitrogen and oxygen atoms in total. The fraction of sp³-hybridized carbons (Fsp3) is 0.235. The highest BCUT2D eigenvalue weighted by atomic mass is 16.3. The summed E-state index contributed by atoms with van der Waals surface area (Å²) in [6.45, 7) is 0.320. The number of amides is 2. The van der Waals surface area contributed by atoms with E-state index in [0.717, 1.165) is 0 Å². The Balaban J connectivity index is 1.50. The molecule has 1 aromatic heterocycles. The molecule has 6 heteroatoms. The van der Waals surface area contributed by atoms with E-state index < -0.39 is 0 Å². The molecule has 0 saturated heterocycles. The molecule has 0 spiro atoms. The molecule has 1 aliphatic carbocycles. The van der Waals surface area contributed by atoms with Crippen LogP contribution >= 0.6 is 0 Å². The van der Waals surface area contributed by atoms with Gasteiger partial charge in [0, 0.05) is 5.69 Å². The Labute approximate surface area is 133 Å². The summed E-state index contributed by atoms with van der Waals surface area (Å²) in [6, 6.07) is 12.2.